The molecule has 202 valence electrons. The molecule has 3 aromatic rings. The van der Waals surface area contributed by atoms with Crippen molar-refractivity contribution in [1.29, 1.82) is 0 Å². The number of hydrogen-bond donors (Lipinski definition) is 2. The second-order valence-corrected chi connectivity index (χ2v) is 10.7. The quantitative estimate of drug-likeness (QED) is 0.388. The largest absolute Gasteiger partial charge is 0.480 e. The first kappa shape index (κ1) is 25.3. The van der Waals surface area contributed by atoms with E-state index >= 15 is 0 Å². The Hall–Kier alpha value is -3.01. The summed E-state index contributed by atoms with van der Waals surface area (Å²) in [6.45, 7) is 4.33. The van der Waals surface area contributed by atoms with E-state index < -0.39 is 12.0 Å². The van der Waals surface area contributed by atoms with Crippen LogP contribution < -0.4 is 5.32 Å². The number of ether oxygens (including phenoxy) is 2. The highest BCUT2D eigenvalue weighted by atomic mass is 16.5. The van der Waals surface area contributed by atoms with Gasteiger partial charge in [-0.3, -0.25) is 14.4 Å². The lowest BCUT2D eigenvalue weighted by Crippen LogP contribution is -2.34. The number of benzene rings is 1. The third-order valence-electron chi connectivity index (χ3n) is 8.10. The summed E-state index contributed by atoms with van der Waals surface area (Å²) in [6, 6.07) is 9.65. The predicted molar refractivity (Wildman–Crippen MR) is 144 cm³/mol. The first-order valence-electron chi connectivity index (χ1n) is 14.0. The highest BCUT2D eigenvalue weighted by Gasteiger charge is 2.36. The minimum absolute atomic E-state index is 0.0512. The smallest absolute Gasteiger partial charge is 0.325 e. The third kappa shape index (κ3) is 5.28. The van der Waals surface area contributed by atoms with Crippen molar-refractivity contribution in [2.45, 2.75) is 63.1 Å². The predicted octanol–water partition coefficient (Wildman–Crippen LogP) is 3.99. The fourth-order valence-electron chi connectivity index (χ4n) is 6.12. The van der Waals surface area contributed by atoms with E-state index in [0.717, 1.165) is 73.0 Å². The number of aliphatic carboxylic acids is 1. The molecule has 9 nitrogen and oxygen atoms in total. The Morgan fingerprint density at radius 1 is 1.24 bits per heavy atom. The highest BCUT2D eigenvalue weighted by molar-refractivity contribution is 5.88. The molecule has 0 amide bonds. The summed E-state index contributed by atoms with van der Waals surface area (Å²) >= 11 is 0. The summed E-state index contributed by atoms with van der Waals surface area (Å²) in [4.78, 5) is 19.4. The lowest BCUT2D eigenvalue weighted by atomic mass is 10.0. The molecule has 2 aromatic heterocycles. The van der Waals surface area contributed by atoms with Gasteiger partial charge >= 0.3 is 5.97 Å². The van der Waals surface area contributed by atoms with Gasteiger partial charge in [0.15, 0.2) is 0 Å². The molecule has 0 saturated carbocycles. The van der Waals surface area contributed by atoms with Crippen molar-refractivity contribution < 1.29 is 19.4 Å². The Morgan fingerprint density at radius 2 is 2.18 bits per heavy atom. The number of aryl methyl sites for hydroxylation is 2. The SMILES string of the molecule is O=C(O)C(c1cccc2cnn([C@H]3CCOC3)c12)N1CC[C@@H](OCCCCc2ccc3c(n2)NCCC3)C1. The van der Waals surface area contributed by atoms with Crippen LogP contribution in [0.3, 0.4) is 0 Å². The average Bonchev–Trinajstić information content (AvgIpc) is 3.70. The van der Waals surface area contributed by atoms with Gasteiger partial charge in [0.1, 0.15) is 11.9 Å². The summed E-state index contributed by atoms with van der Waals surface area (Å²) in [7, 11) is 0. The number of nitrogens with one attached hydrogen (secondary N) is 1. The molecule has 6 rings (SSSR count). The van der Waals surface area contributed by atoms with E-state index in [1.54, 1.807) is 0 Å². The Bertz CT molecular complexity index is 1270. The molecular weight excluding hydrogens is 482 g/mol. The molecule has 1 aromatic carbocycles. The lowest BCUT2D eigenvalue weighted by molar-refractivity contribution is -0.143. The number of likely N-dealkylation sites (tertiary alicyclic amines) is 1. The Morgan fingerprint density at radius 3 is 3.05 bits per heavy atom. The van der Waals surface area contributed by atoms with Gasteiger partial charge in [-0.1, -0.05) is 24.3 Å². The number of fused-ring (bicyclic) bond motifs is 2. The number of hydrogen-bond acceptors (Lipinski definition) is 7. The molecule has 1 unspecified atom stereocenters. The first-order valence-corrected chi connectivity index (χ1v) is 14.0. The van der Waals surface area contributed by atoms with Gasteiger partial charge in [-0.15, -0.1) is 0 Å². The zero-order valence-corrected chi connectivity index (χ0v) is 21.8. The maximum absolute atomic E-state index is 12.6. The van der Waals surface area contributed by atoms with Crippen LogP contribution in [0.2, 0.25) is 0 Å². The van der Waals surface area contributed by atoms with Crippen molar-refractivity contribution in [3.63, 3.8) is 0 Å². The minimum Gasteiger partial charge on any atom is -0.480 e. The monoisotopic (exact) mass is 519 g/mol. The summed E-state index contributed by atoms with van der Waals surface area (Å²) in [5.74, 6) is 0.222. The van der Waals surface area contributed by atoms with E-state index in [1.807, 2.05) is 34.0 Å². The molecule has 38 heavy (non-hydrogen) atoms. The molecule has 0 radical (unpaired) electrons. The summed E-state index contributed by atoms with van der Waals surface area (Å²) in [5.41, 5.74) is 4.16. The van der Waals surface area contributed by atoms with Crippen LogP contribution in [0.1, 0.15) is 61.0 Å². The second kappa shape index (κ2) is 11.4. The van der Waals surface area contributed by atoms with Crippen molar-refractivity contribution in [3.8, 4) is 0 Å². The molecule has 3 aliphatic rings. The van der Waals surface area contributed by atoms with Crippen LogP contribution >= 0.6 is 0 Å². The normalized spacial score (nSPS) is 22.4. The molecule has 3 aliphatic heterocycles. The zero-order chi connectivity index (χ0) is 25.9. The van der Waals surface area contributed by atoms with Crippen LogP contribution in [0.15, 0.2) is 36.5 Å². The standard InChI is InChI=1S/C29H37N5O4/c35-29(36)27(25-8-3-5-21-17-31-34(26(21)25)23-12-16-37-19-23)33-14-11-24(18-33)38-15-2-1-7-22-10-9-20-6-4-13-30-28(20)32-22/h3,5,8-10,17,23-24,27H,1-2,4,6-7,11-16,18-19H2,(H,30,32)(H,35,36)/t23-,24+,27?/m0/s1. The summed E-state index contributed by atoms with van der Waals surface area (Å²) in [6.07, 6.45) is 8.84. The molecule has 0 bridgehead atoms. The summed E-state index contributed by atoms with van der Waals surface area (Å²) in [5, 5.41) is 19.3. The average molecular weight is 520 g/mol. The van der Waals surface area contributed by atoms with Gasteiger partial charge in [0.05, 0.1) is 30.5 Å². The number of aromatic nitrogens is 3. The van der Waals surface area contributed by atoms with E-state index in [4.69, 9.17) is 14.5 Å². The molecule has 3 atom stereocenters. The van der Waals surface area contributed by atoms with Gasteiger partial charge in [-0.25, -0.2) is 4.98 Å². The van der Waals surface area contributed by atoms with Crippen molar-refractivity contribution in [3.05, 3.63) is 53.3 Å². The van der Waals surface area contributed by atoms with Gasteiger partial charge in [-0.05, 0) is 56.6 Å². The van der Waals surface area contributed by atoms with E-state index in [1.165, 1.54) is 12.0 Å². The van der Waals surface area contributed by atoms with Gasteiger partial charge in [0, 0.05) is 49.5 Å². The molecule has 2 fully saturated rings. The van der Waals surface area contributed by atoms with Crippen molar-refractivity contribution in [2.24, 2.45) is 0 Å². The third-order valence-corrected chi connectivity index (χ3v) is 8.10. The summed E-state index contributed by atoms with van der Waals surface area (Å²) < 4.78 is 13.8. The van der Waals surface area contributed by atoms with Crippen LogP contribution in [0.5, 0.6) is 0 Å². The van der Waals surface area contributed by atoms with Gasteiger partial charge in [-0.2, -0.15) is 5.10 Å². The highest BCUT2D eigenvalue weighted by Crippen LogP contribution is 2.34. The first-order chi connectivity index (χ1) is 18.7. The van der Waals surface area contributed by atoms with Crippen LogP contribution in [-0.4, -0.2) is 76.3 Å². The van der Waals surface area contributed by atoms with Gasteiger partial charge < -0.3 is 19.9 Å². The molecular formula is C29H37N5O4. The van der Waals surface area contributed by atoms with Crippen molar-refractivity contribution in [1.82, 2.24) is 19.7 Å². The Labute approximate surface area is 223 Å². The Balaban J connectivity index is 1.05. The number of carboxylic acid groups (broad SMARTS) is 1. The molecule has 9 heteroatoms. The number of nitrogens with zero attached hydrogens (tertiary/aromatic N) is 4. The van der Waals surface area contributed by atoms with Crippen LogP contribution in [0.4, 0.5) is 5.82 Å². The zero-order valence-electron chi connectivity index (χ0n) is 21.8. The molecule has 2 saturated heterocycles. The fraction of sp³-hybridized carbons (Fsp3) is 0.552. The number of anilines is 1. The van der Waals surface area contributed by atoms with E-state index in [-0.39, 0.29) is 12.1 Å². The number of carboxylic acids is 1. The van der Waals surface area contributed by atoms with E-state index in [2.05, 4.69) is 22.5 Å². The van der Waals surface area contributed by atoms with Crippen LogP contribution in [0, 0.1) is 0 Å². The number of para-hydroxylation sites is 1. The topological polar surface area (TPSA) is 102 Å². The molecule has 2 N–H and O–H groups in total. The lowest BCUT2D eigenvalue weighted by Gasteiger charge is -2.26. The number of pyridine rings is 1. The van der Waals surface area contributed by atoms with Crippen molar-refractivity contribution in [2.75, 3.05) is 44.8 Å². The molecule has 0 aliphatic carbocycles. The van der Waals surface area contributed by atoms with E-state index in [0.29, 0.717) is 32.9 Å². The van der Waals surface area contributed by atoms with E-state index in [9.17, 15) is 9.90 Å². The van der Waals surface area contributed by atoms with Crippen molar-refractivity contribution >= 4 is 22.7 Å². The Kier molecular flexibility index (Phi) is 7.58. The number of rotatable bonds is 10. The number of unbranched alkanes of at least 4 members (excludes halogenated alkanes) is 1. The number of carbonyl (C=O) groups is 1. The fourth-order valence-corrected chi connectivity index (χ4v) is 6.12. The van der Waals surface area contributed by atoms with Gasteiger partial charge in [0.25, 0.3) is 0 Å². The van der Waals surface area contributed by atoms with Gasteiger partial charge in [0.2, 0.25) is 0 Å². The van der Waals surface area contributed by atoms with Crippen LogP contribution in [-0.2, 0) is 27.1 Å². The molecule has 5 heterocycles. The maximum atomic E-state index is 12.6. The van der Waals surface area contributed by atoms with Crippen LogP contribution in [0.25, 0.3) is 10.9 Å². The molecule has 0 spiro atoms. The minimum atomic E-state index is -0.833. The second-order valence-electron chi connectivity index (χ2n) is 10.7. The maximum Gasteiger partial charge on any atom is 0.325 e.